The zero-order valence-electron chi connectivity index (χ0n) is 12.3. The number of rotatable bonds is 1. The molecular weight excluding hydrogens is 252 g/mol. The van der Waals surface area contributed by atoms with Crippen LogP contribution in [0.15, 0.2) is 18.2 Å². The molecule has 3 rings (SSSR count). The van der Waals surface area contributed by atoms with Crippen LogP contribution < -0.4 is 9.80 Å². The smallest absolute Gasteiger partial charge is 0.299 e. The molecule has 2 heterocycles. The lowest BCUT2D eigenvalue weighted by atomic mass is 9.82. The van der Waals surface area contributed by atoms with E-state index in [2.05, 4.69) is 18.7 Å². The van der Waals surface area contributed by atoms with E-state index in [1.807, 2.05) is 12.1 Å². The molecule has 1 aromatic carbocycles. The number of ketones is 1. The Bertz CT molecular complexity index is 582. The normalized spacial score (nSPS) is 21.4. The quantitative estimate of drug-likeness (QED) is 0.737. The molecule has 0 saturated carbocycles. The number of fused-ring (bicyclic) bond motifs is 1. The van der Waals surface area contributed by atoms with Crippen molar-refractivity contribution in [1.29, 1.82) is 0 Å². The molecule has 0 bridgehead atoms. The maximum Gasteiger partial charge on any atom is 0.299 e. The van der Waals surface area contributed by atoms with Crippen LogP contribution in [0.3, 0.4) is 0 Å². The molecule has 20 heavy (non-hydrogen) atoms. The van der Waals surface area contributed by atoms with E-state index in [4.69, 9.17) is 0 Å². The number of hydrogen-bond acceptors (Lipinski definition) is 3. The van der Waals surface area contributed by atoms with Crippen molar-refractivity contribution < 1.29 is 9.59 Å². The van der Waals surface area contributed by atoms with E-state index in [0.717, 1.165) is 37.3 Å². The van der Waals surface area contributed by atoms with Crippen molar-refractivity contribution in [3.63, 3.8) is 0 Å². The minimum Gasteiger partial charge on any atom is -0.371 e. The van der Waals surface area contributed by atoms with Crippen LogP contribution in [0.2, 0.25) is 0 Å². The highest BCUT2D eigenvalue weighted by Crippen LogP contribution is 2.35. The molecule has 1 amide bonds. The van der Waals surface area contributed by atoms with Gasteiger partial charge in [0.25, 0.3) is 11.7 Å². The summed E-state index contributed by atoms with van der Waals surface area (Å²) in [6.07, 6.45) is 2.33. The van der Waals surface area contributed by atoms with Gasteiger partial charge in [-0.25, -0.2) is 0 Å². The summed E-state index contributed by atoms with van der Waals surface area (Å²) in [5.74, 6) is -0.828. The lowest BCUT2D eigenvalue weighted by Gasteiger charge is -2.38. The van der Waals surface area contributed by atoms with Gasteiger partial charge in [-0.3, -0.25) is 9.59 Å². The van der Waals surface area contributed by atoms with E-state index >= 15 is 0 Å². The maximum atomic E-state index is 11.8. The largest absolute Gasteiger partial charge is 0.371 e. The molecule has 0 unspecified atom stereocenters. The van der Waals surface area contributed by atoms with Gasteiger partial charge in [0.1, 0.15) is 0 Å². The first kappa shape index (κ1) is 13.2. The zero-order valence-corrected chi connectivity index (χ0v) is 12.3. The average Bonchev–Trinajstić information content (AvgIpc) is 2.64. The first-order valence-corrected chi connectivity index (χ1v) is 7.10. The van der Waals surface area contributed by atoms with E-state index in [-0.39, 0.29) is 0 Å². The number of nitrogens with zero attached hydrogens (tertiary/aromatic N) is 2. The second kappa shape index (κ2) is 4.33. The first-order chi connectivity index (χ1) is 9.39. The average molecular weight is 272 g/mol. The standard InChI is InChI=1S/C16H20N2O2/c1-16(2)6-8-18(9-7-16)11-4-5-12-13(10-11)17(3)15(20)14(12)19/h4-5,10H,6-9H2,1-3H3. The summed E-state index contributed by atoms with van der Waals surface area (Å²) in [5, 5.41) is 0. The van der Waals surface area contributed by atoms with E-state index in [0.29, 0.717) is 11.0 Å². The van der Waals surface area contributed by atoms with Gasteiger partial charge in [0.05, 0.1) is 11.3 Å². The van der Waals surface area contributed by atoms with E-state index in [1.54, 1.807) is 13.1 Å². The van der Waals surface area contributed by atoms with Gasteiger partial charge in [-0.05, 0) is 36.5 Å². The van der Waals surface area contributed by atoms with E-state index < -0.39 is 11.7 Å². The SMILES string of the molecule is CN1C(=O)C(=O)c2ccc(N3CCC(C)(C)CC3)cc21. The van der Waals surface area contributed by atoms with E-state index in [9.17, 15) is 9.59 Å². The Kier molecular flexibility index (Phi) is 2.85. The molecule has 0 spiro atoms. The van der Waals surface area contributed by atoms with Crippen LogP contribution in [0.25, 0.3) is 0 Å². The molecule has 0 radical (unpaired) electrons. The Morgan fingerprint density at radius 1 is 1.10 bits per heavy atom. The van der Waals surface area contributed by atoms with Gasteiger partial charge in [0.2, 0.25) is 0 Å². The number of carbonyl (C=O) groups excluding carboxylic acids is 2. The molecule has 0 aliphatic carbocycles. The summed E-state index contributed by atoms with van der Waals surface area (Å²) in [6.45, 7) is 6.66. The highest BCUT2D eigenvalue weighted by Gasteiger charge is 2.34. The van der Waals surface area contributed by atoms with Crippen molar-refractivity contribution in [3.8, 4) is 0 Å². The summed E-state index contributed by atoms with van der Waals surface area (Å²) in [7, 11) is 1.66. The fraction of sp³-hybridized carbons (Fsp3) is 0.500. The molecule has 1 saturated heterocycles. The highest BCUT2D eigenvalue weighted by molar-refractivity contribution is 6.52. The first-order valence-electron chi connectivity index (χ1n) is 7.10. The fourth-order valence-corrected chi connectivity index (χ4v) is 2.93. The molecule has 4 heteroatoms. The van der Waals surface area contributed by atoms with Crippen molar-refractivity contribution in [2.24, 2.45) is 5.41 Å². The van der Waals surface area contributed by atoms with Crippen molar-refractivity contribution in [3.05, 3.63) is 23.8 Å². The second-order valence-electron chi connectivity index (χ2n) is 6.55. The van der Waals surface area contributed by atoms with Gasteiger partial charge in [-0.2, -0.15) is 0 Å². The molecule has 2 aliphatic heterocycles. The van der Waals surface area contributed by atoms with Crippen LogP contribution in [0, 0.1) is 5.41 Å². The number of piperidine rings is 1. The van der Waals surface area contributed by atoms with Crippen molar-refractivity contribution >= 4 is 23.1 Å². The maximum absolute atomic E-state index is 11.8. The Labute approximate surface area is 119 Å². The van der Waals surface area contributed by atoms with Crippen LogP contribution in [0.5, 0.6) is 0 Å². The molecule has 1 fully saturated rings. The monoisotopic (exact) mass is 272 g/mol. The second-order valence-corrected chi connectivity index (χ2v) is 6.55. The Hall–Kier alpha value is -1.84. The third kappa shape index (κ3) is 1.99. The Balaban J connectivity index is 1.88. The molecule has 0 atom stereocenters. The summed E-state index contributed by atoms with van der Waals surface area (Å²) in [4.78, 5) is 27.3. The Morgan fingerprint density at radius 3 is 2.40 bits per heavy atom. The topological polar surface area (TPSA) is 40.6 Å². The third-order valence-electron chi connectivity index (χ3n) is 4.57. The number of likely N-dealkylation sites (N-methyl/N-ethyl adjacent to an activating group) is 1. The predicted octanol–water partition coefficient (Wildman–Crippen LogP) is 2.47. The number of hydrogen-bond donors (Lipinski definition) is 0. The lowest BCUT2D eigenvalue weighted by Crippen LogP contribution is -2.37. The van der Waals surface area contributed by atoms with Crippen molar-refractivity contribution in [2.45, 2.75) is 26.7 Å². The van der Waals surface area contributed by atoms with Gasteiger partial charge in [-0.15, -0.1) is 0 Å². The number of amides is 1. The molecule has 4 nitrogen and oxygen atoms in total. The third-order valence-corrected chi connectivity index (χ3v) is 4.57. The molecule has 2 aliphatic rings. The van der Waals surface area contributed by atoms with Crippen LogP contribution in [-0.4, -0.2) is 31.8 Å². The van der Waals surface area contributed by atoms with E-state index in [1.165, 1.54) is 4.90 Å². The van der Waals surface area contributed by atoms with Crippen LogP contribution in [0.4, 0.5) is 11.4 Å². The number of carbonyl (C=O) groups is 2. The van der Waals surface area contributed by atoms with Gasteiger partial charge in [-0.1, -0.05) is 13.8 Å². The molecule has 1 aromatic rings. The van der Waals surface area contributed by atoms with Gasteiger partial charge in [0.15, 0.2) is 0 Å². The Morgan fingerprint density at radius 2 is 1.75 bits per heavy atom. The fourth-order valence-electron chi connectivity index (χ4n) is 2.93. The summed E-state index contributed by atoms with van der Waals surface area (Å²) in [6, 6.07) is 5.71. The summed E-state index contributed by atoms with van der Waals surface area (Å²) >= 11 is 0. The minimum absolute atomic E-state index is 0.395. The predicted molar refractivity (Wildman–Crippen MR) is 79.4 cm³/mol. The summed E-state index contributed by atoms with van der Waals surface area (Å²) < 4.78 is 0. The van der Waals surface area contributed by atoms with Crippen molar-refractivity contribution in [1.82, 2.24) is 0 Å². The molecule has 106 valence electrons. The van der Waals surface area contributed by atoms with Crippen molar-refractivity contribution in [2.75, 3.05) is 29.9 Å². The van der Waals surface area contributed by atoms with Crippen LogP contribution in [-0.2, 0) is 4.79 Å². The summed E-state index contributed by atoms with van der Waals surface area (Å²) in [5.41, 5.74) is 2.78. The van der Waals surface area contributed by atoms with Gasteiger partial charge < -0.3 is 9.80 Å². The van der Waals surface area contributed by atoms with Crippen LogP contribution in [0.1, 0.15) is 37.0 Å². The van der Waals surface area contributed by atoms with Gasteiger partial charge >= 0.3 is 0 Å². The number of anilines is 2. The van der Waals surface area contributed by atoms with Crippen LogP contribution >= 0.6 is 0 Å². The highest BCUT2D eigenvalue weighted by atomic mass is 16.2. The minimum atomic E-state index is -0.433. The zero-order chi connectivity index (χ0) is 14.5. The molecular formula is C16H20N2O2. The molecule has 0 N–H and O–H groups in total. The van der Waals surface area contributed by atoms with Gasteiger partial charge in [0, 0.05) is 25.8 Å². The number of benzene rings is 1. The number of Topliss-reactive ketones (excluding diaryl/α,β-unsaturated/α-hetero) is 1. The molecule has 0 aromatic heterocycles. The lowest BCUT2D eigenvalue weighted by molar-refractivity contribution is -0.114.